The van der Waals surface area contributed by atoms with E-state index < -0.39 is 0 Å². The maximum Gasteiger partial charge on any atom is 0.289 e. The van der Waals surface area contributed by atoms with Gasteiger partial charge in [0.15, 0.2) is 0 Å². The number of ether oxygens (including phenoxy) is 1. The molecule has 21 heavy (non-hydrogen) atoms. The van der Waals surface area contributed by atoms with Crippen LogP contribution >= 0.6 is 0 Å². The zero-order chi connectivity index (χ0) is 14.7. The number of anilines is 1. The molecule has 3 nitrogen and oxygen atoms in total. The van der Waals surface area contributed by atoms with Crippen LogP contribution in [0.4, 0.5) is 5.69 Å². The molecule has 0 radical (unpaired) electrons. The van der Waals surface area contributed by atoms with Gasteiger partial charge in [0.2, 0.25) is 0 Å². The minimum atomic E-state index is -0.131. The van der Waals surface area contributed by atoms with Crippen molar-refractivity contribution in [1.29, 1.82) is 0 Å². The van der Waals surface area contributed by atoms with Crippen LogP contribution in [0.1, 0.15) is 0 Å². The fourth-order valence-corrected chi connectivity index (χ4v) is 2.08. The molecule has 1 aliphatic rings. The molecular formula is C18H15NO2. The van der Waals surface area contributed by atoms with Crippen LogP contribution in [0.15, 0.2) is 72.8 Å². The van der Waals surface area contributed by atoms with Crippen molar-refractivity contribution in [2.75, 3.05) is 5.73 Å². The molecule has 0 aromatic heterocycles. The van der Waals surface area contributed by atoms with E-state index in [1.807, 2.05) is 48.6 Å². The Kier molecular flexibility index (Phi) is 3.48. The number of hydrogen-bond acceptors (Lipinski definition) is 3. The maximum absolute atomic E-state index is 10.0. The largest absolute Gasteiger partial charge is 0.480 e. The van der Waals surface area contributed by atoms with E-state index in [1.54, 1.807) is 24.3 Å². The van der Waals surface area contributed by atoms with Gasteiger partial charge in [0.25, 0.3) is 5.95 Å². The minimum Gasteiger partial charge on any atom is -0.480 e. The summed E-state index contributed by atoms with van der Waals surface area (Å²) in [6.45, 7) is 0. The number of nitrogen functional groups attached to an aromatic ring is 1. The summed E-state index contributed by atoms with van der Waals surface area (Å²) in [5.74, 6) is 0.413. The van der Waals surface area contributed by atoms with E-state index in [9.17, 15) is 5.11 Å². The zero-order valence-electron chi connectivity index (χ0n) is 11.4. The molecule has 3 heteroatoms. The van der Waals surface area contributed by atoms with Crippen LogP contribution in [-0.2, 0) is 0 Å². The van der Waals surface area contributed by atoms with Crippen LogP contribution < -0.4 is 20.9 Å². The van der Waals surface area contributed by atoms with Gasteiger partial charge in [-0.2, -0.15) is 0 Å². The Labute approximate surface area is 122 Å². The Morgan fingerprint density at radius 3 is 2.10 bits per heavy atom. The number of aliphatic hydroxyl groups excluding tert-OH is 1. The van der Waals surface area contributed by atoms with Crippen molar-refractivity contribution in [3.8, 4) is 5.75 Å². The number of benzene rings is 2. The van der Waals surface area contributed by atoms with Gasteiger partial charge in [-0.3, -0.25) is 0 Å². The number of hydrogen-bond donors (Lipinski definition) is 2. The molecule has 0 amide bonds. The van der Waals surface area contributed by atoms with Gasteiger partial charge in [0.1, 0.15) is 5.75 Å². The van der Waals surface area contributed by atoms with E-state index in [0.29, 0.717) is 16.7 Å². The Morgan fingerprint density at radius 1 is 0.857 bits per heavy atom. The van der Waals surface area contributed by atoms with E-state index in [-0.39, 0.29) is 5.95 Å². The van der Waals surface area contributed by atoms with Crippen molar-refractivity contribution >= 4 is 17.2 Å². The van der Waals surface area contributed by atoms with Gasteiger partial charge in [0.05, 0.1) is 5.22 Å². The number of nitrogens with two attached hydrogens (primary N) is 1. The molecular weight excluding hydrogens is 262 g/mol. The Hall–Kier alpha value is -2.94. The van der Waals surface area contributed by atoms with Crippen LogP contribution in [0, 0.1) is 0 Å². The zero-order valence-corrected chi connectivity index (χ0v) is 11.4. The molecule has 1 aliphatic carbocycles. The minimum absolute atomic E-state index is 0.131. The third-order valence-electron chi connectivity index (χ3n) is 3.22. The van der Waals surface area contributed by atoms with Crippen molar-refractivity contribution in [2.24, 2.45) is 0 Å². The van der Waals surface area contributed by atoms with Gasteiger partial charge in [0, 0.05) is 5.69 Å². The lowest BCUT2D eigenvalue weighted by Crippen LogP contribution is -2.14. The molecule has 104 valence electrons. The van der Waals surface area contributed by atoms with Gasteiger partial charge < -0.3 is 15.6 Å². The van der Waals surface area contributed by atoms with E-state index in [4.69, 9.17) is 10.5 Å². The van der Waals surface area contributed by atoms with Crippen molar-refractivity contribution in [1.82, 2.24) is 0 Å². The Morgan fingerprint density at radius 2 is 1.48 bits per heavy atom. The molecule has 0 aliphatic heterocycles. The summed E-state index contributed by atoms with van der Waals surface area (Å²) in [5.41, 5.74) is 7.41. The van der Waals surface area contributed by atoms with Gasteiger partial charge in [-0.25, -0.2) is 0 Å². The highest BCUT2D eigenvalue weighted by atomic mass is 16.6. The summed E-state index contributed by atoms with van der Waals surface area (Å²) in [7, 11) is 0. The van der Waals surface area contributed by atoms with Gasteiger partial charge in [-0.15, -0.1) is 0 Å². The molecule has 3 N–H and O–H groups in total. The monoisotopic (exact) mass is 277 g/mol. The summed E-state index contributed by atoms with van der Waals surface area (Å²) in [6, 6.07) is 14.4. The average Bonchev–Trinajstić information content (AvgIpc) is 3.04. The van der Waals surface area contributed by atoms with Crippen LogP contribution in [0.5, 0.6) is 5.75 Å². The third-order valence-corrected chi connectivity index (χ3v) is 3.22. The molecule has 0 saturated carbocycles. The first kappa shape index (κ1) is 13.1. The highest BCUT2D eigenvalue weighted by Crippen LogP contribution is 2.15. The molecule has 0 saturated heterocycles. The first-order chi connectivity index (χ1) is 10.2. The predicted molar refractivity (Wildman–Crippen MR) is 84.9 cm³/mol. The molecule has 2 aromatic carbocycles. The smallest absolute Gasteiger partial charge is 0.289 e. The predicted octanol–water partition coefficient (Wildman–Crippen LogP) is 2.25. The molecule has 0 unspecified atom stereocenters. The second-order valence-electron chi connectivity index (χ2n) is 4.73. The first-order valence-electron chi connectivity index (χ1n) is 6.64. The quantitative estimate of drug-likeness (QED) is 0.828. The van der Waals surface area contributed by atoms with E-state index in [0.717, 1.165) is 10.8 Å². The summed E-state index contributed by atoms with van der Waals surface area (Å²) in [4.78, 5) is 0. The molecule has 0 bridgehead atoms. The number of allylic oxidation sites excluding steroid dienone is 4. The van der Waals surface area contributed by atoms with Crippen molar-refractivity contribution in [3.63, 3.8) is 0 Å². The highest BCUT2D eigenvalue weighted by Gasteiger charge is 2.00. The van der Waals surface area contributed by atoms with E-state index in [2.05, 4.69) is 0 Å². The third kappa shape index (κ3) is 2.98. The van der Waals surface area contributed by atoms with Crippen molar-refractivity contribution in [2.45, 2.75) is 0 Å². The van der Waals surface area contributed by atoms with E-state index >= 15 is 0 Å². The molecule has 2 aromatic rings. The van der Waals surface area contributed by atoms with Gasteiger partial charge in [-0.1, -0.05) is 36.4 Å². The Bertz CT molecular complexity index is 793. The van der Waals surface area contributed by atoms with Crippen LogP contribution in [-0.4, -0.2) is 5.11 Å². The van der Waals surface area contributed by atoms with Gasteiger partial charge >= 0.3 is 0 Å². The molecule has 0 heterocycles. The SMILES string of the molecule is Nc1ccc(OC(O)=c2ccc(=C3C=CC=C3)cc2)cc1. The summed E-state index contributed by atoms with van der Waals surface area (Å²) in [5, 5.41) is 11.8. The molecule has 3 rings (SSSR count). The van der Waals surface area contributed by atoms with Gasteiger partial charge in [-0.05, 0) is 47.2 Å². The topological polar surface area (TPSA) is 55.5 Å². The molecule has 0 atom stereocenters. The Balaban J connectivity index is 1.91. The maximum atomic E-state index is 10.0. The van der Waals surface area contributed by atoms with Crippen molar-refractivity contribution in [3.05, 3.63) is 83.3 Å². The summed E-state index contributed by atoms with van der Waals surface area (Å²) >= 11 is 0. The number of aliphatic hydroxyl groups is 1. The fourth-order valence-electron chi connectivity index (χ4n) is 2.08. The lowest BCUT2D eigenvalue weighted by molar-refractivity contribution is 0.311. The normalized spacial score (nSPS) is 12.7. The summed E-state index contributed by atoms with van der Waals surface area (Å²) < 4.78 is 5.40. The van der Waals surface area contributed by atoms with E-state index in [1.165, 1.54) is 0 Å². The molecule has 0 spiro atoms. The number of rotatable bonds is 2. The lowest BCUT2D eigenvalue weighted by atomic mass is 10.2. The summed E-state index contributed by atoms with van der Waals surface area (Å²) in [6.07, 6.45) is 8.08. The van der Waals surface area contributed by atoms with Crippen molar-refractivity contribution < 1.29 is 9.84 Å². The first-order valence-corrected chi connectivity index (χ1v) is 6.64. The van der Waals surface area contributed by atoms with Crippen LogP contribution in [0.2, 0.25) is 0 Å². The van der Waals surface area contributed by atoms with Crippen LogP contribution in [0.25, 0.3) is 11.5 Å². The second kappa shape index (κ2) is 5.59. The lowest BCUT2D eigenvalue weighted by Gasteiger charge is -2.04. The standard InChI is InChI=1S/C18H15NO2/c19-16-9-11-17(12-10-16)21-18(20)15-7-5-14(6-8-15)13-3-1-2-4-13/h1-12,20H,19H2. The van der Waals surface area contributed by atoms with Crippen LogP contribution in [0.3, 0.4) is 0 Å². The average molecular weight is 277 g/mol. The molecule has 0 fully saturated rings. The fraction of sp³-hybridized carbons (Fsp3) is 0. The highest BCUT2D eigenvalue weighted by molar-refractivity contribution is 5.71. The second-order valence-corrected chi connectivity index (χ2v) is 4.73.